The molecule has 1 aliphatic rings. The van der Waals surface area contributed by atoms with Crippen LogP contribution in [-0.4, -0.2) is 24.9 Å². The molecule has 2 heteroatoms. The highest BCUT2D eigenvalue weighted by Crippen LogP contribution is 2.33. The fourth-order valence-electron chi connectivity index (χ4n) is 3.49. The van der Waals surface area contributed by atoms with E-state index in [4.69, 9.17) is 0 Å². The number of aromatic hydroxyl groups is 1. The van der Waals surface area contributed by atoms with Crippen LogP contribution in [0.1, 0.15) is 41.9 Å². The molecule has 0 radical (unpaired) electrons. The van der Waals surface area contributed by atoms with Gasteiger partial charge in [0.2, 0.25) is 0 Å². The van der Waals surface area contributed by atoms with Crippen molar-refractivity contribution in [1.82, 2.24) is 0 Å². The summed E-state index contributed by atoms with van der Waals surface area (Å²) in [4.78, 5) is 0. The van der Waals surface area contributed by atoms with Gasteiger partial charge in [-0.1, -0.05) is 48.0 Å². The number of rotatable bonds is 6. The average molecular weight is 311 g/mol. The fraction of sp³-hybridized carbons (Fsp3) is 0.429. The summed E-state index contributed by atoms with van der Waals surface area (Å²) in [6, 6.07) is 16.6. The van der Waals surface area contributed by atoms with Gasteiger partial charge in [-0.15, -0.1) is 0 Å². The van der Waals surface area contributed by atoms with Crippen LogP contribution < -0.4 is 0 Å². The highest BCUT2D eigenvalue weighted by molar-refractivity contribution is 5.39. The number of aryl methyl sites for hydroxylation is 1. The van der Waals surface area contributed by atoms with Crippen LogP contribution >= 0.6 is 0 Å². The molecule has 1 fully saturated rings. The Morgan fingerprint density at radius 2 is 1.78 bits per heavy atom. The maximum absolute atomic E-state index is 10.4. The predicted octanol–water partition coefficient (Wildman–Crippen LogP) is 4.76. The Morgan fingerprint density at radius 3 is 2.52 bits per heavy atom. The lowest BCUT2D eigenvalue weighted by Gasteiger charge is -2.21. The van der Waals surface area contributed by atoms with Crippen LogP contribution in [0.3, 0.4) is 0 Å². The molecule has 3 rings (SSSR count). The zero-order valence-corrected chi connectivity index (χ0v) is 14.0. The van der Waals surface area contributed by atoms with Crippen molar-refractivity contribution in [2.45, 2.75) is 38.5 Å². The minimum atomic E-state index is 0.352. The van der Waals surface area contributed by atoms with Crippen molar-refractivity contribution in [3.05, 3.63) is 65.2 Å². The average Bonchev–Trinajstić information content (AvgIpc) is 3.08. The molecule has 1 N–H and O–H groups in total. The molecule has 1 heterocycles. The zero-order chi connectivity index (χ0) is 16.1. The third-order valence-corrected chi connectivity index (χ3v) is 4.82. The monoisotopic (exact) mass is 311 g/mol. The number of hydrogen-bond acceptors (Lipinski definition) is 1. The maximum atomic E-state index is 10.4. The Bertz CT molecular complexity index is 615. The second-order valence-electron chi connectivity index (χ2n) is 6.67. The zero-order valence-electron chi connectivity index (χ0n) is 14.0. The SMILES string of the molecule is Cc1ccc(O)c(C(CC[O+]2CCCC2)Cc2ccccc2)c1. The second-order valence-corrected chi connectivity index (χ2v) is 6.67. The van der Waals surface area contributed by atoms with E-state index in [-0.39, 0.29) is 0 Å². The van der Waals surface area contributed by atoms with Crippen LogP contribution in [0.15, 0.2) is 48.5 Å². The lowest BCUT2D eigenvalue weighted by molar-refractivity contribution is -0.108. The molecule has 1 saturated heterocycles. The first-order valence-corrected chi connectivity index (χ1v) is 8.70. The van der Waals surface area contributed by atoms with Crippen LogP contribution in [0.25, 0.3) is 0 Å². The van der Waals surface area contributed by atoms with Gasteiger partial charge in [-0.25, -0.2) is 0 Å². The topological polar surface area (TPSA) is 22.9 Å². The van der Waals surface area contributed by atoms with Crippen LogP contribution in [0.2, 0.25) is 0 Å². The van der Waals surface area contributed by atoms with Gasteiger partial charge in [0, 0.05) is 19.3 Å². The number of hydrogen-bond donors (Lipinski definition) is 1. The molecule has 0 aliphatic carbocycles. The van der Waals surface area contributed by atoms with Crippen LogP contribution in [0, 0.1) is 6.92 Å². The van der Waals surface area contributed by atoms with Gasteiger partial charge in [0.15, 0.2) is 0 Å². The molecule has 0 aromatic heterocycles. The summed E-state index contributed by atoms with van der Waals surface area (Å²) in [6.07, 6.45) is 4.64. The van der Waals surface area contributed by atoms with Crippen LogP contribution in [0.4, 0.5) is 0 Å². The highest BCUT2D eigenvalue weighted by atomic mass is 16.7. The number of phenolic OH excluding ortho intramolecular Hbond substituents is 1. The standard InChI is InChI=1S/C21H26O2/c1-17-9-10-21(22)20(15-17)19(11-14-23-12-5-6-13-23)16-18-7-3-2-4-8-18/h2-4,7-10,15,19H,5-6,11-14,16H2,1H3/p+1. The molecule has 0 saturated carbocycles. The minimum Gasteiger partial charge on any atom is -0.508 e. The van der Waals surface area contributed by atoms with Gasteiger partial charge in [0.05, 0.1) is 0 Å². The van der Waals surface area contributed by atoms with Gasteiger partial charge < -0.3 is 9.47 Å². The highest BCUT2D eigenvalue weighted by Gasteiger charge is 2.22. The maximum Gasteiger partial charge on any atom is 0.146 e. The van der Waals surface area contributed by atoms with Gasteiger partial charge >= 0.3 is 0 Å². The molecule has 1 unspecified atom stereocenters. The molecular weight excluding hydrogens is 284 g/mol. The van der Waals surface area contributed by atoms with Crippen molar-refractivity contribution in [3.8, 4) is 5.75 Å². The lowest BCUT2D eigenvalue weighted by atomic mass is 9.88. The van der Waals surface area contributed by atoms with E-state index in [1.807, 2.05) is 12.1 Å². The van der Waals surface area contributed by atoms with Crippen LogP contribution in [-0.2, 0) is 10.8 Å². The van der Waals surface area contributed by atoms with Crippen molar-refractivity contribution in [2.24, 2.45) is 0 Å². The number of benzene rings is 2. The van der Waals surface area contributed by atoms with E-state index < -0.39 is 0 Å². The second kappa shape index (κ2) is 7.65. The Balaban J connectivity index is 1.78. The Labute approximate surface area is 139 Å². The Kier molecular flexibility index (Phi) is 5.35. The van der Waals surface area contributed by atoms with E-state index in [1.165, 1.54) is 24.0 Å². The molecule has 1 aliphatic heterocycles. The van der Waals surface area contributed by atoms with Crippen LogP contribution in [0.5, 0.6) is 5.75 Å². The molecule has 2 aromatic rings. The molecular formula is C21H27O2+. The normalized spacial score (nSPS) is 16.6. The van der Waals surface area contributed by atoms with Gasteiger partial charge in [0.25, 0.3) is 0 Å². The third-order valence-electron chi connectivity index (χ3n) is 4.82. The summed E-state index contributed by atoms with van der Waals surface area (Å²) in [5, 5.41) is 10.4. The Morgan fingerprint density at radius 1 is 1.04 bits per heavy atom. The largest absolute Gasteiger partial charge is 0.508 e. The Hall–Kier alpha value is -1.80. The summed E-state index contributed by atoms with van der Waals surface area (Å²) in [5.74, 6) is 0.786. The van der Waals surface area contributed by atoms with Gasteiger partial charge in [-0.05, 0) is 36.5 Å². The third kappa shape index (κ3) is 4.35. The summed E-state index contributed by atoms with van der Waals surface area (Å²) in [7, 11) is 0. The summed E-state index contributed by atoms with van der Waals surface area (Å²) < 4.78 is 3.39. The first-order chi connectivity index (χ1) is 11.2. The molecule has 0 spiro atoms. The smallest absolute Gasteiger partial charge is 0.146 e. The van der Waals surface area contributed by atoms with E-state index >= 15 is 0 Å². The first-order valence-electron chi connectivity index (χ1n) is 8.70. The van der Waals surface area contributed by atoms with E-state index in [0.717, 1.165) is 38.2 Å². The molecule has 0 amide bonds. The van der Waals surface area contributed by atoms with Crippen molar-refractivity contribution in [2.75, 3.05) is 19.8 Å². The van der Waals surface area contributed by atoms with Crippen molar-refractivity contribution >= 4 is 0 Å². The molecule has 0 bridgehead atoms. The van der Waals surface area contributed by atoms with Crippen molar-refractivity contribution in [3.63, 3.8) is 0 Å². The minimum absolute atomic E-state index is 0.352. The molecule has 23 heavy (non-hydrogen) atoms. The van der Waals surface area contributed by atoms with Gasteiger partial charge in [-0.3, -0.25) is 0 Å². The van der Waals surface area contributed by atoms with E-state index in [1.54, 1.807) is 0 Å². The number of phenols is 1. The van der Waals surface area contributed by atoms with E-state index in [2.05, 4.69) is 47.7 Å². The quantitative estimate of drug-likeness (QED) is 0.763. The van der Waals surface area contributed by atoms with Gasteiger partial charge in [-0.2, -0.15) is 0 Å². The molecule has 2 nitrogen and oxygen atoms in total. The summed E-state index contributed by atoms with van der Waals surface area (Å²) in [5.41, 5.74) is 3.64. The van der Waals surface area contributed by atoms with Crippen molar-refractivity contribution in [1.29, 1.82) is 0 Å². The lowest BCUT2D eigenvalue weighted by Crippen LogP contribution is -2.15. The fourth-order valence-corrected chi connectivity index (χ4v) is 3.49. The van der Waals surface area contributed by atoms with Gasteiger partial charge in [0.1, 0.15) is 25.6 Å². The summed E-state index contributed by atoms with van der Waals surface area (Å²) in [6.45, 7) is 5.44. The summed E-state index contributed by atoms with van der Waals surface area (Å²) >= 11 is 0. The molecule has 2 aromatic carbocycles. The van der Waals surface area contributed by atoms with E-state index in [9.17, 15) is 5.11 Å². The predicted molar refractivity (Wildman–Crippen MR) is 95.3 cm³/mol. The van der Waals surface area contributed by atoms with Crippen molar-refractivity contribution < 1.29 is 9.47 Å². The first kappa shape index (κ1) is 16.1. The molecule has 122 valence electrons. The molecule has 1 atom stereocenters. The van der Waals surface area contributed by atoms with E-state index in [0.29, 0.717) is 11.7 Å².